The highest BCUT2D eigenvalue weighted by molar-refractivity contribution is 5.88. The van der Waals surface area contributed by atoms with Crippen molar-refractivity contribution in [3.05, 3.63) is 29.3 Å². The molecule has 0 aliphatic heterocycles. The number of aromatic carboxylic acids is 1. The lowest BCUT2D eigenvalue weighted by Gasteiger charge is -2.21. The van der Waals surface area contributed by atoms with Gasteiger partial charge in [-0.25, -0.2) is 4.79 Å². The Morgan fingerprint density at radius 2 is 2.00 bits per heavy atom. The number of rotatable bonds is 9. The van der Waals surface area contributed by atoms with Crippen LogP contribution >= 0.6 is 0 Å². The van der Waals surface area contributed by atoms with Crippen molar-refractivity contribution < 1.29 is 9.90 Å². The van der Waals surface area contributed by atoms with E-state index in [9.17, 15) is 4.79 Å². The molecule has 1 rings (SSSR count). The number of carboxylic acids is 1. The van der Waals surface area contributed by atoms with Gasteiger partial charge in [-0.05, 0) is 70.1 Å². The second-order valence-corrected chi connectivity index (χ2v) is 5.55. The lowest BCUT2D eigenvalue weighted by atomic mass is 10.1. The number of nitrogens with zero attached hydrogens (tertiary/aromatic N) is 1. The van der Waals surface area contributed by atoms with Crippen LogP contribution in [0.5, 0.6) is 0 Å². The quantitative estimate of drug-likeness (QED) is 0.730. The Bertz CT molecular complexity index is 456. The second-order valence-electron chi connectivity index (χ2n) is 5.55. The number of benzene rings is 1. The minimum absolute atomic E-state index is 0.340. The summed E-state index contributed by atoms with van der Waals surface area (Å²) in [7, 11) is 0. The van der Waals surface area contributed by atoms with Gasteiger partial charge in [0.05, 0.1) is 5.56 Å². The number of hydrogen-bond acceptors (Lipinski definition) is 3. The summed E-state index contributed by atoms with van der Waals surface area (Å²) >= 11 is 0. The Hall–Kier alpha value is -1.55. The molecule has 0 spiro atoms. The lowest BCUT2D eigenvalue weighted by Crippen LogP contribution is -2.25. The molecule has 0 fully saturated rings. The van der Waals surface area contributed by atoms with Crippen LogP contribution in [0.2, 0.25) is 0 Å². The van der Waals surface area contributed by atoms with E-state index in [4.69, 9.17) is 5.11 Å². The highest BCUT2D eigenvalue weighted by Crippen LogP contribution is 2.18. The SMILES string of the molecule is CCN(CC)CCCC(C)Nc1ccc(C(=O)O)cc1C. The average molecular weight is 292 g/mol. The van der Waals surface area contributed by atoms with E-state index in [1.807, 2.05) is 13.0 Å². The molecule has 0 saturated heterocycles. The molecule has 1 aromatic carbocycles. The van der Waals surface area contributed by atoms with E-state index >= 15 is 0 Å². The van der Waals surface area contributed by atoms with Gasteiger partial charge in [-0.15, -0.1) is 0 Å². The van der Waals surface area contributed by atoms with Crippen LogP contribution in [0.4, 0.5) is 5.69 Å². The number of nitrogens with one attached hydrogen (secondary N) is 1. The molecule has 0 heterocycles. The van der Waals surface area contributed by atoms with Gasteiger partial charge in [-0.3, -0.25) is 0 Å². The molecule has 4 heteroatoms. The molecule has 0 aliphatic carbocycles. The standard InChI is InChI=1S/C17H28N2O2/c1-5-19(6-2)11-7-8-14(4)18-16-10-9-15(17(20)21)12-13(16)3/h9-10,12,14,18H,5-8,11H2,1-4H3,(H,20,21). The Morgan fingerprint density at radius 3 is 2.52 bits per heavy atom. The van der Waals surface area contributed by atoms with Gasteiger partial charge in [0.2, 0.25) is 0 Å². The van der Waals surface area contributed by atoms with Crippen molar-refractivity contribution in [2.45, 2.75) is 46.6 Å². The third-order valence-corrected chi connectivity index (χ3v) is 3.88. The van der Waals surface area contributed by atoms with E-state index in [0.29, 0.717) is 11.6 Å². The van der Waals surface area contributed by atoms with Gasteiger partial charge in [0.15, 0.2) is 0 Å². The second kappa shape index (κ2) is 8.67. The first-order chi connectivity index (χ1) is 9.97. The maximum Gasteiger partial charge on any atom is 0.335 e. The number of hydrogen-bond donors (Lipinski definition) is 2. The zero-order valence-electron chi connectivity index (χ0n) is 13.6. The predicted molar refractivity (Wildman–Crippen MR) is 88.2 cm³/mol. The van der Waals surface area contributed by atoms with E-state index in [1.54, 1.807) is 12.1 Å². The van der Waals surface area contributed by atoms with Crippen LogP contribution in [0, 0.1) is 6.92 Å². The van der Waals surface area contributed by atoms with Crippen LogP contribution in [0.1, 0.15) is 49.5 Å². The largest absolute Gasteiger partial charge is 0.478 e. The van der Waals surface area contributed by atoms with Gasteiger partial charge >= 0.3 is 5.97 Å². The van der Waals surface area contributed by atoms with E-state index < -0.39 is 5.97 Å². The Morgan fingerprint density at radius 1 is 1.33 bits per heavy atom. The van der Waals surface area contributed by atoms with Crippen LogP contribution in [-0.4, -0.2) is 41.7 Å². The van der Waals surface area contributed by atoms with E-state index in [0.717, 1.165) is 37.3 Å². The first-order valence-corrected chi connectivity index (χ1v) is 7.80. The fraction of sp³-hybridized carbons (Fsp3) is 0.588. The van der Waals surface area contributed by atoms with Crippen molar-refractivity contribution in [2.75, 3.05) is 25.0 Å². The fourth-order valence-electron chi connectivity index (χ4n) is 2.46. The minimum Gasteiger partial charge on any atom is -0.478 e. The van der Waals surface area contributed by atoms with Crippen molar-refractivity contribution >= 4 is 11.7 Å². The zero-order chi connectivity index (χ0) is 15.8. The summed E-state index contributed by atoms with van der Waals surface area (Å²) in [5.41, 5.74) is 2.34. The number of anilines is 1. The zero-order valence-corrected chi connectivity index (χ0v) is 13.6. The highest BCUT2D eigenvalue weighted by atomic mass is 16.4. The smallest absolute Gasteiger partial charge is 0.335 e. The van der Waals surface area contributed by atoms with Crippen molar-refractivity contribution in [1.29, 1.82) is 0 Å². The molecule has 0 radical (unpaired) electrons. The average Bonchev–Trinajstić information content (AvgIpc) is 2.45. The number of carbonyl (C=O) groups is 1. The summed E-state index contributed by atoms with van der Waals surface area (Å²) in [6.45, 7) is 11.8. The van der Waals surface area contributed by atoms with Crippen LogP contribution < -0.4 is 5.32 Å². The van der Waals surface area contributed by atoms with E-state index in [-0.39, 0.29) is 0 Å². The van der Waals surface area contributed by atoms with Crippen LogP contribution in [-0.2, 0) is 0 Å². The van der Waals surface area contributed by atoms with Gasteiger partial charge in [-0.2, -0.15) is 0 Å². The molecule has 0 amide bonds. The number of carboxylic acid groups (broad SMARTS) is 1. The Kier molecular flexibility index (Phi) is 7.23. The molecule has 0 saturated carbocycles. The minimum atomic E-state index is -0.878. The van der Waals surface area contributed by atoms with Gasteiger partial charge < -0.3 is 15.3 Å². The molecular formula is C17H28N2O2. The van der Waals surface area contributed by atoms with Crippen LogP contribution in [0.25, 0.3) is 0 Å². The molecule has 0 bridgehead atoms. The summed E-state index contributed by atoms with van der Waals surface area (Å²) < 4.78 is 0. The lowest BCUT2D eigenvalue weighted by molar-refractivity contribution is 0.0697. The van der Waals surface area contributed by atoms with Crippen molar-refractivity contribution in [3.8, 4) is 0 Å². The first kappa shape index (κ1) is 17.5. The molecule has 1 atom stereocenters. The first-order valence-electron chi connectivity index (χ1n) is 7.80. The third-order valence-electron chi connectivity index (χ3n) is 3.88. The summed E-state index contributed by atoms with van der Waals surface area (Å²) in [4.78, 5) is 13.4. The molecule has 2 N–H and O–H groups in total. The van der Waals surface area contributed by atoms with E-state index in [2.05, 4.69) is 31.0 Å². The summed E-state index contributed by atoms with van der Waals surface area (Å²) in [5, 5.41) is 12.4. The summed E-state index contributed by atoms with van der Waals surface area (Å²) in [6, 6.07) is 5.61. The van der Waals surface area contributed by atoms with Crippen molar-refractivity contribution in [1.82, 2.24) is 4.90 Å². The van der Waals surface area contributed by atoms with Gasteiger partial charge in [-0.1, -0.05) is 13.8 Å². The fourth-order valence-corrected chi connectivity index (χ4v) is 2.46. The molecule has 21 heavy (non-hydrogen) atoms. The highest BCUT2D eigenvalue weighted by Gasteiger charge is 2.08. The van der Waals surface area contributed by atoms with Gasteiger partial charge in [0.25, 0.3) is 0 Å². The van der Waals surface area contributed by atoms with Gasteiger partial charge in [0, 0.05) is 11.7 Å². The molecular weight excluding hydrogens is 264 g/mol. The van der Waals surface area contributed by atoms with E-state index in [1.165, 1.54) is 6.42 Å². The molecule has 4 nitrogen and oxygen atoms in total. The molecule has 0 aliphatic rings. The normalized spacial score (nSPS) is 12.4. The van der Waals surface area contributed by atoms with Gasteiger partial charge in [0.1, 0.15) is 0 Å². The summed E-state index contributed by atoms with van der Waals surface area (Å²) in [5.74, 6) is -0.878. The third kappa shape index (κ3) is 5.76. The Balaban J connectivity index is 2.47. The van der Waals surface area contributed by atoms with Crippen LogP contribution in [0.15, 0.2) is 18.2 Å². The summed E-state index contributed by atoms with van der Waals surface area (Å²) in [6.07, 6.45) is 2.28. The maximum absolute atomic E-state index is 10.9. The Labute approximate surface area is 128 Å². The number of aryl methyl sites for hydroxylation is 1. The maximum atomic E-state index is 10.9. The molecule has 1 aromatic rings. The van der Waals surface area contributed by atoms with Crippen molar-refractivity contribution in [2.24, 2.45) is 0 Å². The topological polar surface area (TPSA) is 52.6 Å². The van der Waals surface area contributed by atoms with Crippen LogP contribution in [0.3, 0.4) is 0 Å². The van der Waals surface area contributed by atoms with Crippen molar-refractivity contribution in [3.63, 3.8) is 0 Å². The molecule has 0 aromatic heterocycles. The molecule has 1 unspecified atom stereocenters. The predicted octanol–water partition coefficient (Wildman–Crippen LogP) is 3.62. The molecule has 118 valence electrons. The monoisotopic (exact) mass is 292 g/mol.